The van der Waals surface area contributed by atoms with Crippen molar-refractivity contribution < 1.29 is 13.9 Å². The number of rotatable bonds is 1. The number of hydrogen-bond donors (Lipinski definition) is 2. The molecule has 138 valence electrons. The Hall–Kier alpha value is -2.58. The summed E-state index contributed by atoms with van der Waals surface area (Å²) in [4.78, 5) is 5.90. The molecule has 3 heterocycles. The number of likely N-dealkylation sites (N-methyl/N-ethyl adjacent to an activating group) is 1. The zero-order valence-electron chi connectivity index (χ0n) is 14.4. The monoisotopic (exact) mass is 361 g/mol. The molecule has 3 N–H and O–H groups in total. The Balaban J connectivity index is 0.000000206. The molecule has 26 heavy (non-hydrogen) atoms. The van der Waals surface area contributed by atoms with Gasteiger partial charge >= 0.3 is 0 Å². The fraction of sp³-hybridized carbons (Fsp3) is 0.333. The van der Waals surface area contributed by atoms with Gasteiger partial charge in [-0.25, -0.2) is 18.3 Å². The van der Waals surface area contributed by atoms with Crippen molar-refractivity contribution in [2.75, 3.05) is 25.9 Å². The maximum absolute atomic E-state index is 13.7. The summed E-state index contributed by atoms with van der Waals surface area (Å²) in [5.41, 5.74) is 6.85. The van der Waals surface area contributed by atoms with Gasteiger partial charge in [-0.15, -0.1) is 5.10 Å². The van der Waals surface area contributed by atoms with Crippen LogP contribution in [0, 0.1) is 11.6 Å². The quantitative estimate of drug-likeness (QED) is 0.695. The van der Waals surface area contributed by atoms with E-state index in [2.05, 4.69) is 15.0 Å². The highest BCUT2D eigenvalue weighted by molar-refractivity contribution is 5.67. The van der Waals surface area contributed by atoms with E-state index in [0.717, 1.165) is 25.9 Å². The van der Waals surface area contributed by atoms with E-state index in [0.29, 0.717) is 11.3 Å². The fourth-order valence-electron chi connectivity index (χ4n) is 2.93. The van der Waals surface area contributed by atoms with Crippen LogP contribution in [-0.4, -0.2) is 50.8 Å². The van der Waals surface area contributed by atoms with Gasteiger partial charge in [0.1, 0.15) is 11.3 Å². The molecule has 3 aromatic rings. The lowest BCUT2D eigenvalue weighted by Gasteiger charge is -2.25. The lowest BCUT2D eigenvalue weighted by Crippen LogP contribution is -2.34. The van der Waals surface area contributed by atoms with Gasteiger partial charge in [-0.3, -0.25) is 0 Å². The Labute approximate surface area is 149 Å². The Morgan fingerprint density at radius 2 is 1.96 bits per heavy atom. The number of aliphatic hydroxyl groups is 1. The summed E-state index contributed by atoms with van der Waals surface area (Å²) >= 11 is 0. The Kier molecular flexibility index (Phi) is 5.43. The van der Waals surface area contributed by atoms with Gasteiger partial charge < -0.3 is 15.7 Å². The van der Waals surface area contributed by atoms with Gasteiger partial charge in [-0.2, -0.15) is 0 Å². The number of anilines is 1. The number of benzene rings is 1. The maximum atomic E-state index is 13.7. The molecule has 1 unspecified atom stereocenters. The van der Waals surface area contributed by atoms with E-state index < -0.39 is 5.82 Å². The Bertz CT molecular complexity index is 873. The van der Waals surface area contributed by atoms with Crippen molar-refractivity contribution in [3.8, 4) is 11.3 Å². The first-order valence-electron chi connectivity index (χ1n) is 8.36. The van der Waals surface area contributed by atoms with Crippen LogP contribution in [-0.2, 0) is 0 Å². The number of aliphatic hydroxyl groups excluding tert-OH is 1. The molecule has 2 aromatic heterocycles. The number of halogens is 2. The third-order valence-electron chi connectivity index (χ3n) is 4.23. The summed E-state index contributed by atoms with van der Waals surface area (Å²) in [5, 5.41) is 13.0. The van der Waals surface area contributed by atoms with E-state index in [1.807, 2.05) is 7.05 Å². The first-order chi connectivity index (χ1) is 12.4. The van der Waals surface area contributed by atoms with E-state index in [1.165, 1.54) is 28.9 Å². The molecule has 0 bridgehead atoms. The molecule has 4 rings (SSSR count). The lowest BCUT2D eigenvalue weighted by atomic mass is 10.1. The predicted molar refractivity (Wildman–Crippen MR) is 95.5 cm³/mol. The molecule has 0 aliphatic carbocycles. The van der Waals surface area contributed by atoms with Gasteiger partial charge in [0.15, 0.2) is 5.82 Å². The highest BCUT2D eigenvalue weighted by Crippen LogP contribution is 2.24. The van der Waals surface area contributed by atoms with Crippen molar-refractivity contribution >= 4 is 11.5 Å². The number of likely N-dealkylation sites (tertiary alicyclic amines) is 1. The number of piperidine rings is 1. The highest BCUT2D eigenvalue weighted by Gasteiger charge is 2.13. The lowest BCUT2D eigenvalue weighted by molar-refractivity contribution is 0.0846. The van der Waals surface area contributed by atoms with Gasteiger partial charge in [0.25, 0.3) is 0 Å². The van der Waals surface area contributed by atoms with E-state index in [9.17, 15) is 8.78 Å². The molecule has 0 radical (unpaired) electrons. The van der Waals surface area contributed by atoms with Crippen molar-refractivity contribution in [1.29, 1.82) is 0 Å². The smallest absolute Gasteiger partial charge is 0.238 e. The van der Waals surface area contributed by atoms with E-state index in [1.54, 1.807) is 12.1 Å². The number of aromatic nitrogens is 3. The third kappa shape index (κ3) is 4.14. The van der Waals surface area contributed by atoms with Gasteiger partial charge in [0.2, 0.25) is 5.95 Å². The number of nitrogens with zero attached hydrogens (tertiary/aromatic N) is 4. The topological polar surface area (TPSA) is 79.7 Å². The molecule has 0 amide bonds. The molecule has 1 aliphatic rings. The summed E-state index contributed by atoms with van der Waals surface area (Å²) in [6, 6.07) is 7.02. The highest BCUT2D eigenvalue weighted by atomic mass is 19.1. The second kappa shape index (κ2) is 7.76. The van der Waals surface area contributed by atoms with E-state index in [-0.39, 0.29) is 23.4 Å². The average Bonchev–Trinajstić information content (AvgIpc) is 2.92. The normalized spacial score (nSPS) is 17.8. The number of fused-ring (bicyclic) bond motifs is 1. The van der Waals surface area contributed by atoms with Crippen LogP contribution in [0.4, 0.5) is 14.7 Å². The molecule has 1 aromatic carbocycles. The zero-order valence-corrected chi connectivity index (χ0v) is 14.4. The minimum atomic E-state index is -0.450. The van der Waals surface area contributed by atoms with Crippen molar-refractivity contribution in [2.24, 2.45) is 0 Å². The molecule has 6 nitrogen and oxygen atoms in total. The van der Waals surface area contributed by atoms with Gasteiger partial charge in [0, 0.05) is 18.2 Å². The molecular weight excluding hydrogens is 340 g/mol. The van der Waals surface area contributed by atoms with Crippen LogP contribution in [0.1, 0.15) is 12.8 Å². The average molecular weight is 361 g/mol. The molecule has 1 fully saturated rings. The first-order valence-corrected chi connectivity index (χ1v) is 8.36. The third-order valence-corrected chi connectivity index (χ3v) is 4.23. The SMILES string of the molecule is CN1CCCC(O)C1.Nc1ncc2c(F)cc(-c3ccc(F)cc3)n2n1. The molecule has 0 spiro atoms. The van der Waals surface area contributed by atoms with Crippen LogP contribution in [0.15, 0.2) is 36.5 Å². The molecule has 1 atom stereocenters. The standard InChI is InChI=1S/C12H8F2N4.C6H13NO/c13-8-3-1-7(2-4-8)10-5-9(14)11-6-16-12(15)17-18(10)11;1-7-4-2-3-6(8)5-7/h1-6H,(H2,15,17);6,8H,2-5H2,1H3. The second-order valence-electron chi connectivity index (χ2n) is 6.36. The molecule has 1 saturated heterocycles. The number of hydrogen-bond acceptors (Lipinski definition) is 5. The summed E-state index contributed by atoms with van der Waals surface area (Å²) in [6.45, 7) is 2.01. The van der Waals surface area contributed by atoms with Gasteiger partial charge in [-0.1, -0.05) is 0 Å². The fourth-order valence-corrected chi connectivity index (χ4v) is 2.93. The predicted octanol–water partition coefficient (Wildman–Crippen LogP) is 2.33. The minimum Gasteiger partial charge on any atom is -0.392 e. The van der Waals surface area contributed by atoms with Gasteiger partial charge in [-0.05, 0) is 50.7 Å². The van der Waals surface area contributed by atoms with Crippen molar-refractivity contribution in [3.63, 3.8) is 0 Å². The minimum absolute atomic E-state index is 0.0430. The van der Waals surface area contributed by atoms with Crippen LogP contribution in [0.5, 0.6) is 0 Å². The molecule has 1 aliphatic heterocycles. The summed E-state index contributed by atoms with van der Waals surface area (Å²) in [6.07, 6.45) is 3.39. The largest absolute Gasteiger partial charge is 0.392 e. The number of nitrogen functional groups attached to an aromatic ring is 1. The van der Waals surface area contributed by atoms with Crippen LogP contribution in [0.3, 0.4) is 0 Å². The first kappa shape index (κ1) is 18.2. The van der Waals surface area contributed by atoms with Crippen molar-refractivity contribution in [3.05, 3.63) is 48.2 Å². The zero-order chi connectivity index (χ0) is 18.7. The molecular formula is C18H21F2N5O. The molecule has 8 heteroatoms. The summed E-state index contributed by atoms with van der Waals surface area (Å²) in [5.74, 6) is -0.759. The Morgan fingerprint density at radius 1 is 1.23 bits per heavy atom. The van der Waals surface area contributed by atoms with Crippen molar-refractivity contribution in [2.45, 2.75) is 18.9 Å². The van der Waals surface area contributed by atoms with Gasteiger partial charge in [0.05, 0.1) is 18.0 Å². The summed E-state index contributed by atoms with van der Waals surface area (Å²) < 4.78 is 27.9. The number of β-amino-alcohol motifs (C(OH)–C–C–N with tert-alkyl or cyclic N) is 1. The Morgan fingerprint density at radius 3 is 2.58 bits per heavy atom. The van der Waals surface area contributed by atoms with Crippen LogP contribution in [0.2, 0.25) is 0 Å². The summed E-state index contributed by atoms with van der Waals surface area (Å²) in [7, 11) is 2.04. The van der Waals surface area contributed by atoms with Crippen LogP contribution in [0.25, 0.3) is 16.8 Å². The molecule has 0 saturated carbocycles. The van der Waals surface area contributed by atoms with E-state index >= 15 is 0 Å². The van der Waals surface area contributed by atoms with E-state index in [4.69, 9.17) is 10.8 Å². The van der Waals surface area contributed by atoms with Crippen molar-refractivity contribution in [1.82, 2.24) is 19.5 Å². The number of nitrogens with two attached hydrogens (primary N) is 1. The second-order valence-corrected chi connectivity index (χ2v) is 6.36. The van der Waals surface area contributed by atoms with Crippen LogP contribution >= 0.6 is 0 Å². The maximum Gasteiger partial charge on any atom is 0.238 e. The van der Waals surface area contributed by atoms with Crippen LogP contribution < -0.4 is 5.73 Å².